The number of carboxylic acid groups (broad SMARTS) is 1. The van der Waals surface area contributed by atoms with E-state index in [2.05, 4.69) is 9.97 Å². The van der Waals surface area contributed by atoms with Crippen LogP contribution in [0.15, 0.2) is 40.7 Å². The minimum Gasteiger partial charge on any atom is -0.477 e. The first kappa shape index (κ1) is 15.6. The van der Waals surface area contributed by atoms with E-state index in [0.717, 1.165) is 21.8 Å². The molecule has 1 aromatic heterocycles. The van der Waals surface area contributed by atoms with Gasteiger partial charge in [-0.25, -0.2) is 9.78 Å². The summed E-state index contributed by atoms with van der Waals surface area (Å²) < 4.78 is 0. The number of nitrogens with one attached hydrogen (secondary N) is 1. The van der Waals surface area contributed by atoms with Crippen molar-refractivity contribution in [1.29, 1.82) is 0 Å². The van der Waals surface area contributed by atoms with Crippen LogP contribution in [0.3, 0.4) is 0 Å². The van der Waals surface area contributed by atoms with Gasteiger partial charge >= 0.3 is 5.97 Å². The van der Waals surface area contributed by atoms with Crippen LogP contribution in [0.2, 0.25) is 0 Å². The molecule has 4 N–H and O–H groups in total. The molecule has 0 saturated carbocycles. The van der Waals surface area contributed by atoms with Gasteiger partial charge in [0.2, 0.25) is 5.91 Å². The van der Waals surface area contributed by atoms with Crippen molar-refractivity contribution in [2.24, 2.45) is 5.73 Å². The van der Waals surface area contributed by atoms with Crippen molar-refractivity contribution in [3.05, 3.63) is 35.5 Å². The van der Waals surface area contributed by atoms with E-state index >= 15 is 0 Å². The topological polar surface area (TPSA) is 112 Å². The zero-order valence-electron chi connectivity index (χ0n) is 12.4. The summed E-state index contributed by atoms with van der Waals surface area (Å²) in [5.41, 5.74) is 8.35. The Kier molecular flexibility index (Phi) is 3.78. The Balaban J connectivity index is 1.58. The number of imidazole rings is 1. The van der Waals surface area contributed by atoms with Crippen LogP contribution in [0.1, 0.15) is 0 Å². The van der Waals surface area contributed by atoms with Gasteiger partial charge in [0.05, 0.1) is 11.0 Å². The molecule has 24 heavy (non-hydrogen) atoms. The van der Waals surface area contributed by atoms with Crippen LogP contribution in [0.25, 0.3) is 11.0 Å². The molecule has 0 radical (unpaired) electrons. The molecule has 1 amide bonds. The molecule has 2 aliphatic rings. The number of nitrogens with two attached hydrogens (primary N) is 1. The average Bonchev–Trinajstić information content (AvgIpc) is 3.01. The van der Waals surface area contributed by atoms with Crippen LogP contribution in [0, 0.1) is 0 Å². The monoisotopic (exact) mass is 362 g/mol. The highest BCUT2D eigenvalue weighted by Gasteiger charge is 2.51. The highest BCUT2D eigenvalue weighted by Crippen LogP contribution is 2.40. The Labute approximate surface area is 145 Å². The van der Waals surface area contributed by atoms with Crippen LogP contribution >= 0.6 is 23.5 Å². The molecule has 2 aliphatic heterocycles. The average molecular weight is 362 g/mol. The molecule has 3 heterocycles. The molecule has 1 fully saturated rings. The zero-order valence-corrected chi connectivity index (χ0v) is 14.1. The van der Waals surface area contributed by atoms with Gasteiger partial charge in [-0.2, -0.15) is 0 Å². The summed E-state index contributed by atoms with van der Waals surface area (Å²) in [6.45, 7) is 0. The highest BCUT2D eigenvalue weighted by atomic mass is 32.2. The summed E-state index contributed by atoms with van der Waals surface area (Å²) in [5, 5.41) is 9.98. The Hall–Kier alpha value is -1.97. The number of aromatic amines is 1. The van der Waals surface area contributed by atoms with E-state index in [1.165, 1.54) is 28.4 Å². The van der Waals surface area contributed by atoms with Crippen molar-refractivity contribution in [1.82, 2.24) is 14.9 Å². The first-order chi connectivity index (χ1) is 11.6. The number of hydrogen-bond acceptors (Lipinski definition) is 6. The predicted molar refractivity (Wildman–Crippen MR) is 92.5 cm³/mol. The Morgan fingerprint density at radius 1 is 1.50 bits per heavy atom. The Morgan fingerprint density at radius 3 is 3.04 bits per heavy atom. The van der Waals surface area contributed by atoms with Crippen LogP contribution in [0.5, 0.6) is 0 Å². The number of para-hydroxylation sites is 2. The van der Waals surface area contributed by atoms with Crippen LogP contribution in [-0.2, 0) is 9.59 Å². The van der Waals surface area contributed by atoms with Gasteiger partial charge in [-0.05, 0) is 17.7 Å². The van der Waals surface area contributed by atoms with Crippen molar-refractivity contribution in [2.75, 3.05) is 11.5 Å². The second kappa shape index (κ2) is 5.83. The molecule has 9 heteroatoms. The maximum Gasteiger partial charge on any atom is 0.352 e. The van der Waals surface area contributed by atoms with Crippen molar-refractivity contribution < 1.29 is 14.7 Å². The summed E-state index contributed by atoms with van der Waals surface area (Å²) in [5.74, 6) is -0.395. The van der Waals surface area contributed by atoms with E-state index < -0.39 is 12.0 Å². The number of carbonyl (C=O) groups excluding carboxylic acids is 1. The van der Waals surface area contributed by atoms with E-state index in [1.54, 1.807) is 0 Å². The number of nitrogens with zero attached hydrogens (tertiary/aromatic N) is 2. The molecule has 0 spiro atoms. The number of thioether (sulfide) groups is 2. The molecule has 2 aromatic rings. The molecule has 1 saturated heterocycles. The van der Waals surface area contributed by atoms with Gasteiger partial charge in [0.25, 0.3) is 0 Å². The SMILES string of the molecule is NC1C(=O)N2C(C(=O)O)=C(CSc3nc4ccccc4[nH]3)CS[C@@H]12. The van der Waals surface area contributed by atoms with Gasteiger partial charge in [-0.3, -0.25) is 9.69 Å². The van der Waals surface area contributed by atoms with E-state index in [-0.39, 0.29) is 17.0 Å². The van der Waals surface area contributed by atoms with E-state index in [0.29, 0.717) is 11.5 Å². The Morgan fingerprint density at radius 2 is 2.29 bits per heavy atom. The first-order valence-corrected chi connectivity index (χ1v) is 9.33. The fourth-order valence-electron chi connectivity index (χ4n) is 2.84. The summed E-state index contributed by atoms with van der Waals surface area (Å²) in [7, 11) is 0. The molecule has 1 aromatic carbocycles. The van der Waals surface area contributed by atoms with Gasteiger partial charge < -0.3 is 15.8 Å². The number of β-lactam (4-membered cyclic amide) rings is 1. The summed E-state index contributed by atoms with van der Waals surface area (Å²) in [4.78, 5) is 32.5. The van der Waals surface area contributed by atoms with E-state index in [1.807, 2.05) is 24.3 Å². The summed E-state index contributed by atoms with van der Waals surface area (Å²) >= 11 is 2.94. The lowest BCUT2D eigenvalue weighted by atomic mass is 10.0. The molecule has 124 valence electrons. The predicted octanol–water partition coefficient (Wildman–Crippen LogP) is 1.24. The fraction of sp³-hybridized carbons (Fsp3) is 0.267. The van der Waals surface area contributed by atoms with Crippen molar-refractivity contribution >= 4 is 46.4 Å². The minimum atomic E-state index is -1.08. The van der Waals surface area contributed by atoms with Gasteiger partial charge in [0.15, 0.2) is 5.16 Å². The van der Waals surface area contributed by atoms with Gasteiger partial charge in [0, 0.05) is 11.5 Å². The maximum absolute atomic E-state index is 11.9. The second-order valence-corrected chi connectivity index (χ2v) is 7.61. The molecule has 4 rings (SSSR count). The third-order valence-electron chi connectivity index (χ3n) is 4.04. The fourth-order valence-corrected chi connectivity index (χ4v) is 5.16. The standard InChI is InChI=1S/C15H14N4O3S2/c16-10-12(20)19-11(14(21)22)7(5-23-13(10)19)6-24-15-17-8-3-1-2-4-9(8)18-15/h1-4,10,13H,5-6,16H2,(H,17,18)(H,21,22)/t10?,13-/m0/s1. The third-order valence-corrected chi connectivity index (χ3v) is 6.36. The summed E-state index contributed by atoms with van der Waals surface area (Å²) in [6.07, 6.45) is 0. The molecule has 0 aliphatic carbocycles. The summed E-state index contributed by atoms with van der Waals surface area (Å²) in [6, 6.07) is 7.10. The Bertz CT molecular complexity index is 845. The van der Waals surface area contributed by atoms with Crippen LogP contribution < -0.4 is 5.73 Å². The molecular weight excluding hydrogens is 348 g/mol. The normalized spacial score (nSPS) is 23.4. The van der Waals surface area contributed by atoms with Crippen molar-refractivity contribution in [3.63, 3.8) is 0 Å². The van der Waals surface area contributed by atoms with Crippen molar-refractivity contribution in [2.45, 2.75) is 16.6 Å². The number of aliphatic carboxylic acids is 1. The number of aromatic nitrogens is 2. The smallest absolute Gasteiger partial charge is 0.352 e. The molecular formula is C15H14N4O3S2. The second-order valence-electron chi connectivity index (χ2n) is 5.54. The number of carbonyl (C=O) groups is 2. The van der Waals surface area contributed by atoms with Crippen LogP contribution in [0.4, 0.5) is 0 Å². The van der Waals surface area contributed by atoms with E-state index in [9.17, 15) is 14.7 Å². The zero-order chi connectivity index (χ0) is 16.8. The molecule has 2 atom stereocenters. The molecule has 1 unspecified atom stereocenters. The maximum atomic E-state index is 11.9. The van der Waals surface area contributed by atoms with Gasteiger partial charge in [0.1, 0.15) is 17.1 Å². The number of fused-ring (bicyclic) bond motifs is 2. The number of amides is 1. The lowest BCUT2D eigenvalue weighted by molar-refractivity contribution is -0.147. The lowest BCUT2D eigenvalue weighted by Gasteiger charge is -2.48. The van der Waals surface area contributed by atoms with Gasteiger partial charge in [-0.15, -0.1) is 11.8 Å². The third kappa shape index (κ3) is 2.40. The van der Waals surface area contributed by atoms with Crippen LogP contribution in [-0.4, -0.2) is 54.8 Å². The number of rotatable bonds is 4. The highest BCUT2D eigenvalue weighted by molar-refractivity contribution is 8.01. The number of H-pyrrole nitrogens is 1. The van der Waals surface area contributed by atoms with E-state index in [4.69, 9.17) is 5.73 Å². The lowest BCUT2D eigenvalue weighted by Crippen LogP contribution is -2.68. The quantitative estimate of drug-likeness (QED) is 0.554. The number of benzene rings is 1. The first-order valence-electron chi connectivity index (χ1n) is 7.29. The number of carboxylic acids is 1. The van der Waals surface area contributed by atoms with Crippen molar-refractivity contribution in [3.8, 4) is 0 Å². The molecule has 7 nitrogen and oxygen atoms in total. The minimum absolute atomic E-state index is 0.0778. The largest absolute Gasteiger partial charge is 0.477 e. The number of hydrogen-bond donors (Lipinski definition) is 3. The molecule has 0 bridgehead atoms. The van der Waals surface area contributed by atoms with Gasteiger partial charge in [-0.1, -0.05) is 23.9 Å².